The van der Waals surface area contributed by atoms with E-state index in [9.17, 15) is 4.79 Å². The minimum Gasteiger partial charge on any atom is -0.394 e. The second-order valence-corrected chi connectivity index (χ2v) is 4.11. The zero-order valence-electron chi connectivity index (χ0n) is 8.90. The van der Waals surface area contributed by atoms with E-state index in [0.29, 0.717) is 32.0 Å². The smallest absolute Gasteiger partial charge is 0.222 e. The van der Waals surface area contributed by atoms with Crippen LogP contribution in [0.5, 0.6) is 0 Å². The molecule has 1 saturated heterocycles. The quantitative estimate of drug-likeness (QED) is 0.712. The van der Waals surface area contributed by atoms with Crippen molar-refractivity contribution in [2.24, 2.45) is 5.92 Å². The minimum absolute atomic E-state index is 0.00847. The van der Waals surface area contributed by atoms with Crippen molar-refractivity contribution in [3.8, 4) is 0 Å². The van der Waals surface area contributed by atoms with E-state index in [1.165, 1.54) is 0 Å². The number of rotatable bonds is 3. The van der Waals surface area contributed by atoms with Crippen LogP contribution in [0.15, 0.2) is 0 Å². The molecule has 4 heteroatoms. The van der Waals surface area contributed by atoms with Gasteiger partial charge in [-0.2, -0.15) is 0 Å². The minimum atomic E-state index is -0.195. The topological polar surface area (TPSA) is 49.8 Å². The number of amides is 1. The van der Waals surface area contributed by atoms with Crippen molar-refractivity contribution in [3.63, 3.8) is 0 Å². The molecule has 82 valence electrons. The largest absolute Gasteiger partial charge is 0.394 e. The summed E-state index contributed by atoms with van der Waals surface area (Å²) in [6.07, 6.45) is 0.387. The van der Waals surface area contributed by atoms with E-state index in [1.54, 1.807) is 4.90 Å². The van der Waals surface area contributed by atoms with Gasteiger partial charge >= 0.3 is 0 Å². The van der Waals surface area contributed by atoms with E-state index in [4.69, 9.17) is 9.84 Å². The third kappa shape index (κ3) is 3.27. The molecule has 0 radical (unpaired) electrons. The van der Waals surface area contributed by atoms with Gasteiger partial charge in [-0.3, -0.25) is 4.79 Å². The summed E-state index contributed by atoms with van der Waals surface area (Å²) < 4.78 is 5.27. The number of morpholine rings is 1. The van der Waals surface area contributed by atoms with Crippen LogP contribution in [-0.4, -0.2) is 48.3 Å². The highest BCUT2D eigenvalue weighted by Crippen LogP contribution is 2.09. The SMILES string of the molecule is CC(C)CC(=O)N1CCOC(CO)C1. The first-order valence-electron chi connectivity index (χ1n) is 5.13. The lowest BCUT2D eigenvalue weighted by Gasteiger charge is -2.32. The number of hydrogen-bond acceptors (Lipinski definition) is 3. The molecule has 1 aliphatic rings. The monoisotopic (exact) mass is 201 g/mol. The molecule has 0 aromatic carbocycles. The normalized spacial score (nSPS) is 22.9. The Kier molecular flexibility index (Phi) is 4.35. The fourth-order valence-corrected chi connectivity index (χ4v) is 1.53. The number of hydrogen-bond donors (Lipinski definition) is 1. The van der Waals surface area contributed by atoms with Crippen molar-refractivity contribution in [3.05, 3.63) is 0 Å². The van der Waals surface area contributed by atoms with E-state index in [-0.39, 0.29) is 18.6 Å². The first-order chi connectivity index (χ1) is 6.63. The number of ether oxygens (including phenoxy) is 1. The molecule has 1 fully saturated rings. The zero-order valence-corrected chi connectivity index (χ0v) is 8.90. The van der Waals surface area contributed by atoms with Crippen molar-refractivity contribution >= 4 is 5.91 Å². The fourth-order valence-electron chi connectivity index (χ4n) is 1.53. The van der Waals surface area contributed by atoms with E-state index >= 15 is 0 Å². The summed E-state index contributed by atoms with van der Waals surface area (Å²) in [5.41, 5.74) is 0. The Balaban J connectivity index is 2.39. The van der Waals surface area contributed by atoms with Crippen LogP contribution in [0.1, 0.15) is 20.3 Å². The highest BCUT2D eigenvalue weighted by atomic mass is 16.5. The highest BCUT2D eigenvalue weighted by molar-refractivity contribution is 5.76. The van der Waals surface area contributed by atoms with Crippen molar-refractivity contribution < 1.29 is 14.6 Å². The fraction of sp³-hybridized carbons (Fsp3) is 0.900. The van der Waals surface area contributed by atoms with Crippen LogP contribution < -0.4 is 0 Å². The zero-order chi connectivity index (χ0) is 10.6. The lowest BCUT2D eigenvalue weighted by atomic mass is 10.1. The Morgan fingerprint density at radius 3 is 2.93 bits per heavy atom. The summed E-state index contributed by atoms with van der Waals surface area (Å²) in [7, 11) is 0. The Morgan fingerprint density at radius 1 is 1.64 bits per heavy atom. The maximum Gasteiger partial charge on any atom is 0.222 e. The van der Waals surface area contributed by atoms with Crippen LogP contribution in [0.2, 0.25) is 0 Å². The molecule has 0 aromatic rings. The van der Waals surface area contributed by atoms with E-state index < -0.39 is 0 Å². The first kappa shape index (κ1) is 11.5. The first-order valence-corrected chi connectivity index (χ1v) is 5.13. The average Bonchev–Trinajstić information content (AvgIpc) is 2.17. The van der Waals surface area contributed by atoms with E-state index in [1.807, 2.05) is 13.8 Å². The molecule has 1 heterocycles. The predicted octanol–water partition coefficient (Wildman–Crippen LogP) is 0.252. The van der Waals surface area contributed by atoms with Gasteiger partial charge in [0.25, 0.3) is 0 Å². The van der Waals surface area contributed by atoms with Gasteiger partial charge in [0.1, 0.15) is 0 Å². The highest BCUT2D eigenvalue weighted by Gasteiger charge is 2.23. The van der Waals surface area contributed by atoms with Crippen LogP contribution in [-0.2, 0) is 9.53 Å². The second kappa shape index (κ2) is 5.32. The van der Waals surface area contributed by atoms with E-state index in [0.717, 1.165) is 0 Å². The molecule has 0 aromatic heterocycles. The lowest BCUT2D eigenvalue weighted by Crippen LogP contribution is -2.47. The van der Waals surface area contributed by atoms with Gasteiger partial charge in [0, 0.05) is 19.5 Å². The van der Waals surface area contributed by atoms with Crippen molar-refractivity contribution in [1.82, 2.24) is 4.90 Å². The van der Waals surface area contributed by atoms with Crippen molar-refractivity contribution in [2.75, 3.05) is 26.3 Å². The molecule has 0 spiro atoms. The number of carbonyl (C=O) groups excluding carboxylic acids is 1. The number of nitrogens with zero attached hydrogens (tertiary/aromatic N) is 1. The van der Waals surface area contributed by atoms with Crippen LogP contribution in [0, 0.1) is 5.92 Å². The third-order valence-electron chi connectivity index (χ3n) is 2.28. The Bertz CT molecular complexity index is 194. The molecule has 1 unspecified atom stereocenters. The Labute approximate surface area is 84.8 Å². The van der Waals surface area contributed by atoms with Crippen LogP contribution in [0.4, 0.5) is 0 Å². The molecule has 0 saturated carbocycles. The predicted molar refractivity (Wildman–Crippen MR) is 52.9 cm³/mol. The molecule has 14 heavy (non-hydrogen) atoms. The van der Waals surface area contributed by atoms with Gasteiger partial charge in [0.2, 0.25) is 5.91 Å². The maximum atomic E-state index is 11.7. The molecule has 1 N–H and O–H groups in total. The summed E-state index contributed by atoms with van der Waals surface area (Å²) in [5.74, 6) is 0.555. The Hall–Kier alpha value is -0.610. The van der Waals surface area contributed by atoms with Crippen LogP contribution in [0.25, 0.3) is 0 Å². The summed E-state index contributed by atoms with van der Waals surface area (Å²) in [6.45, 7) is 5.77. The second-order valence-electron chi connectivity index (χ2n) is 4.11. The molecule has 1 aliphatic heterocycles. The van der Waals surface area contributed by atoms with Gasteiger partial charge in [-0.25, -0.2) is 0 Å². The molecule has 4 nitrogen and oxygen atoms in total. The number of aliphatic hydroxyl groups is 1. The molecular formula is C10H19NO3. The third-order valence-corrected chi connectivity index (χ3v) is 2.28. The average molecular weight is 201 g/mol. The standard InChI is InChI=1S/C10H19NO3/c1-8(2)5-10(13)11-3-4-14-9(6-11)7-12/h8-9,12H,3-7H2,1-2H3. The van der Waals surface area contributed by atoms with Gasteiger partial charge < -0.3 is 14.7 Å². The van der Waals surface area contributed by atoms with Crippen LogP contribution in [0.3, 0.4) is 0 Å². The lowest BCUT2D eigenvalue weighted by molar-refractivity contribution is -0.140. The molecule has 1 amide bonds. The van der Waals surface area contributed by atoms with Crippen molar-refractivity contribution in [1.29, 1.82) is 0 Å². The van der Waals surface area contributed by atoms with Gasteiger partial charge in [-0.15, -0.1) is 0 Å². The van der Waals surface area contributed by atoms with Gasteiger partial charge in [-0.1, -0.05) is 13.8 Å². The number of aliphatic hydroxyl groups excluding tert-OH is 1. The van der Waals surface area contributed by atoms with Gasteiger partial charge in [-0.05, 0) is 5.92 Å². The molecule has 1 rings (SSSR count). The number of carbonyl (C=O) groups is 1. The Morgan fingerprint density at radius 2 is 2.36 bits per heavy atom. The molecule has 0 bridgehead atoms. The van der Waals surface area contributed by atoms with Crippen LogP contribution >= 0.6 is 0 Å². The summed E-state index contributed by atoms with van der Waals surface area (Å²) in [6, 6.07) is 0. The summed E-state index contributed by atoms with van der Waals surface area (Å²) in [4.78, 5) is 13.4. The summed E-state index contributed by atoms with van der Waals surface area (Å²) >= 11 is 0. The van der Waals surface area contributed by atoms with E-state index in [2.05, 4.69) is 0 Å². The summed E-state index contributed by atoms with van der Waals surface area (Å²) in [5, 5.41) is 8.91. The van der Waals surface area contributed by atoms with Crippen molar-refractivity contribution in [2.45, 2.75) is 26.4 Å². The van der Waals surface area contributed by atoms with Gasteiger partial charge in [0.05, 0.1) is 19.3 Å². The molecular weight excluding hydrogens is 182 g/mol. The molecule has 0 aliphatic carbocycles. The maximum absolute atomic E-state index is 11.7. The van der Waals surface area contributed by atoms with Gasteiger partial charge in [0.15, 0.2) is 0 Å². The molecule has 1 atom stereocenters.